The summed E-state index contributed by atoms with van der Waals surface area (Å²) in [6.45, 7) is 2.32. The number of hydrogen-bond donors (Lipinski definition) is 3. The van der Waals surface area contributed by atoms with Crippen molar-refractivity contribution in [1.29, 1.82) is 0 Å². The van der Waals surface area contributed by atoms with E-state index in [0.29, 0.717) is 18.9 Å². The van der Waals surface area contributed by atoms with Crippen molar-refractivity contribution < 1.29 is 14.7 Å². The minimum Gasteiger partial charge on any atom is -0.481 e. The second-order valence-electron chi connectivity index (χ2n) is 5.56. The van der Waals surface area contributed by atoms with E-state index in [0.717, 1.165) is 5.56 Å². The fraction of sp³-hybridized carbons (Fsp3) is 0.500. The molecule has 114 valence electrons. The highest BCUT2D eigenvalue weighted by Gasteiger charge is 2.23. The Morgan fingerprint density at radius 1 is 1.38 bits per heavy atom. The molecule has 5 heteroatoms. The number of hydrogen-bond acceptors (Lipinski definition) is 2. The lowest BCUT2D eigenvalue weighted by Crippen LogP contribution is -2.37. The molecule has 5 nitrogen and oxygen atoms in total. The van der Waals surface area contributed by atoms with Crippen LogP contribution in [0, 0.1) is 0 Å². The number of aliphatic carboxylic acids is 1. The van der Waals surface area contributed by atoms with E-state index >= 15 is 0 Å². The summed E-state index contributed by atoms with van der Waals surface area (Å²) >= 11 is 0. The Morgan fingerprint density at radius 3 is 2.81 bits per heavy atom. The number of nitrogens with one attached hydrogen (secondary N) is 2. The molecule has 0 bridgehead atoms. The monoisotopic (exact) mass is 290 g/mol. The van der Waals surface area contributed by atoms with E-state index in [-0.39, 0.29) is 18.5 Å². The van der Waals surface area contributed by atoms with Crippen LogP contribution in [-0.4, -0.2) is 23.7 Å². The van der Waals surface area contributed by atoms with Crippen molar-refractivity contribution in [3.8, 4) is 0 Å². The summed E-state index contributed by atoms with van der Waals surface area (Å²) in [6, 6.07) is 8.02. The third-order valence-corrected chi connectivity index (χ3v) is 3.66. The van der Waals surface area contributed by atoms with E-state index in [9.17, 15) is 9.59 Å². The minimum absolute atomic E-state index is 0.0665. The van der Waals surface area contributed by atoms with Gasteiger partial charge in [-0.1, -0.05) is 24.3 Å². The molecule has 1 aliphatic carbocycles. The molecule has 0 aromatic heterocycles. The van der Waals surface area contributed by atoms with E-state index in [1.54, 1.807) is 0 Å². The summed E-state index contributed by atoms with van der Waals surface area (Å²) < 4.78 is 0. The number of amides is 2. The molecule has 0 aliphatic heterocycles. The lowest BCUT2D eigenvalue weighted by Gasteiger charge is -2.16. The first-order valence-corrected chi connectivity index (χ1v) is 7.42. The summed E-state index contributed by atoms with van der Waals surface area (Å²) in [5.74, 6) is -0.149. The molecule has 2 rings (SSSR count). The van der Waals surface area contributed by atoms with Gasteiger partial charge >= 0.3 is 12.0 Å². The average Bonchev–Trinajstić information content (AvgIpc) is 3.28. The first-order valence-electron chi connectivity index (χ1n) is 7.42. The topological polar surface area (TPSA) is 78.4 Å². The third kappa shape index (κ3) is 5.10. The standard InChI is InChI=1S/C16H22N2O3/c1-11(18-16(21)17-9-3-6-15(19)20)13-4-2-5-14(10-13)12-7-8-12/h2,4-5,10-12H,3,6-9H2,1H3,(H,19,20)(H2,17,18,21). The van der Waals surface area contributed by atoms with Crippen molar-refractivity contribution in [3.63, 3.8) is 0 Å². The SMILES string of the molecule is CC(NC(=O)NCCCC(=O)O)c1cccc(C2CC2)c1. The van der Waals surface area contributed by atoms with Gasteiger partial charge in [0.2, 0.25) is 0 Å². The minimum atomic E-state index is -0.845. The summed E-state index contributed by atoms with van der Waals surface area (Å²) in [4.78, 5) is 22.1. The number of carboxylic acid groups (broad SMARTS) is 1. The van der Waals surface area contributed by atoms with Crippen LogP contribution < -0.4 is 10.6 Å². The lowest BCUT2D eigenvalue weighted by atomic mass is 10.0. The normalized spacial score (nSPS) is 15.3. The van der Waals surface area contributed by atoms with Gasteiger partial charge in [0.1, 0.15) is 0 Å². The number of carbonyl (C=O) groups is 2. The fourth-order valence-electron chi connectivity index (χ4n) is 2.27. The molecule has 0 radical (unpaired) electrons. The van der Waals surface area contributed by atoms with Crippen molar-refractivity contribution in [3.05, 3.63) is 35.4 Å². The second-order valence-corrected chi connectivity index (χ2v) is 5.56. The molecule has 0 spiro atoms. The molecule has 2 amide bonds. The van der Waals surface area contributed by atoms with E-state index in [1.807, 2.05) is 19.1 Å². The van der Waals surface area contributed by atoms with Crippen LogP contribution in [0.4, 0.5) is 4.79 Å². The first kappa shape index (κ1) is 15.4. The Morgan fingerprint density at radius 2 is 2.14 bits per heavy atom. The molecule has 0 saturated heterocycles. The summed E-state index contributed by atoms with van der Waals surface area (Å²) in [6.07, 6.45) is 3.03. The van der Waals surface area contributed by atoms with Crippen LogP contribution >= 0.6 is 0 Å². The summed E-state index contributed by atoms with van der Waals surface area (Å²) in [5, 5.41) is 14.1. The van der Waals surface area contributed by atoms with Crippen molar-refractivity contribution in [2.45, 2.75) is 44.6 Å². The highest BCUT2D eigenvalue weighted by molar-refractivity contribution is 5.74. The van der Waals surface area contributed by atoms with Crippen LogP contribution in [0.25, 0.3) is 0 Å². The molecular weight excluding hydrogens is 268 g/mol. The largest absolute Gasteiger partial charge is 0.481 e. The van der Waals surface area contributed by atoms with Crippen LogP contribution in [-0.2, 0) is 4.79 Å². The van der Waals surface area contributed by atoms with Gasteiger partial charge in [-0.05, 0) is 43.2 Å². The predicted octanol–water partition coefficient (Wildman–Crippen LogP) is 2.79. The molecule has 1 atom stereocenters. The van der Waals surface area contributed by atoms with Gasteiger partial charge in [0.05, 0.1) is 6.04 Å². The zero-order valence-electron chi connectivity index (χ0n) is 12.3. The second kappa shape index (κ2) is 7.11. The zero-order chi connectivity index (χ0) is 15.2. The van der Waals surface area contributed by atoms with Crippen molar-refractivity contribution >= 4 is 12.0 Å². The quantitative estimate of drug-likeness (QED) is 0.676. The third-order valence-electron chi connectivity index (χ3n) is 3.66. The van der Waals surface area contributed by atoms with Crippen LogP contribution in [0.2, 0.25) is 0 Å². The fourth-order valence-corrected chi connectivity index (χ4v) is 2.27. The van der Waals surface area contributed by atoms with Crippen molar-refractivity contribution in [1.82, 2.24) is 10.6 Å². The first-order chi connectivity index (χ1) is 10.1. The van der Waals surface area contributed by atoms with E-state index in [4.69, 9.17) is 5.11 Å². The predicted molar refractivity (Wildman–Crippen MR) is 80.2 cm³/mol. The molecule has 3 N–H and O–H groups in total. The molecular formula is C16H22N2O3. The van der Waals surface area contributed by atoms with Gasteiger partial charge in [0.15, 0.2) is 0 Å². The molecule has 1 aromatic carbocycles. The maximum Gasteiger partial charge on any atom is 0.315 e. The van der Waals surface area contributed by atoms with Crippen LogP contribution in [0.15, 0.2) is 24.3 Å². The smallest absolute Gasteiger partial charge is 0.315 e. The highest BCUT2D eigenvalue weighted by Crippen LogP contribution is 2.40. The molecule has 1 saturated carbocycles. The van der Waals surface area contributed by atoms with E-state index in [2.05, 4.69) is 22.8 Å². The number of urea groups is 1. The van der Waals surface area contributed by atoms with Gasteiger partial charge < -0.3 is 15.7 Å². The van der Waals surface area contributed by atoms with Crippen LogP contribution in [0.3, 0.4) is 0 Å². The Balaban J connectivity index is 1.77. The van der Waals surface area contributed by atoms with Gasteiger partial charge in [-0.15, -0.1) is 0 Å². The number of rotatable bonds is 7. The van der Waals surface area contributed by atoms with Gasteiger partial charge in [0, 0.05) is 13.0 Å². The Hall–Kier alpha value is -2.04. The Bertz CT molecular complexity index is 512. The molecule has 1 aromatic rings. The number of benzene rings is 1. The van der Waals surface area contributed by atoms with Gasteiger partial charge in [0.25, 0.3) is 0 Å². The van der Waals surface area contributed by atoms with E-state index < -0.39 is 5.97 Å². The van der Waals surface area contributed by atoms with Gasteiger partial charge in [-0.2, -0.15) is 0 Å². The van der Waals surface area contributed by atoms with Crippen molar-refractivity contribution in [2.24, 2.45) is 0 Å². The Kier molecular flexibility index (Phi) is 5.20. The van der Waals surface area contributed by atoms with Gasteiger partial charge in [-0.25, -0.2) is 4.79 Å². The average molecular weight is 290 g/mol. The lowest BCUT2D eigenvalue weighted by molar-refractivity contribution is -0.137. The summed E-state index contributed by atoms with van der Waals surface area (Å²) in [5.41, 5.74) is 2.45. The van der Waals surface area contributed by atoms with Crippen molar-refractivity contribution in [2.75, 3.05) is 6.54 Å². The molecule has 1 unspecified atom stereocenters. The molecule has 1 aliphatic rings. The van der Waals surface area contributed by atoms with Crippen LogP contribution in [0.1, 0.15) is 55.7 Å². The number of carbonyl (C=O) groups excluding carboxylic acids is 1. The molecule has 0 heterocycles. The highest BCUT2D eigenvalue weighted by atomic mass is 16.4. The molecule has 21 heavy (non-hydrogen) atoms. The zero-order valence-corrected chi connectivity index (χ0v) is 12.3. The Labute approximate surface area is 124 Å². The molecule has 1 fully saturated rings. The maximum absolute atomic E-state index is 11.7. The van der Waals surface area contributed by atoms with E-state index in [1.165, 1.54) is 18.4 Å². The summed E-state index contributed by atoms with van der Waals surface area (Å²) in [7, 11) is 0. The van der Waals surface area contributed by atoms with Crippen LogP contribution in [0.5, 0.6) is 0 Å². The maximum atomic E-state index is 11.7. The van der Waals surface area contributed by atoms with Gasteiger partial charge in [-0.3, -0.25) is 4.79 Å². The number of carboxylic acids is 1.